The molecule has 0 saturated heterocycles. The molecule has 3 atom stereocenters. The number of thiol groups is 1. The van der Waals surface area contributed by atoms with Crippen molar-refractivity contribution < 1.29 is 19.1 Å². The van der Waals surface area contributed by atoms with E-state index >= 15 is 0 Å². The topological polar surface area (TPSA) is 87.7 Å². The van der Waals surface area contributed by atoms with Crippen LogP contribution in [0.5, 0.6) is 0 Å². The van der Waals surface area contributed by atoms with Crippen molar-refractivity contribution in [1.82, 2.24) is 15.5 Å². The molecular weight excluding hydrogens is 438 g/mol. The Morgan fingerprint density at radius 1 is 1.21 bits per heavy atom. The van der Waals surface area contributed by atoms with Crippen molar-refractivity contribution in [2.45, 2.75) is 85.0 Å². The lowest BCUT2D eigenvalue weighted by Crippen LogP contribution is -2.53. The Kier molecular flexibility index (Phi) is 10.8. The molecule has 0 aliphatic heterocycles. The molecule has 0 fully saturated rings. The van der Waals surface area contributed by atoms with Gasteiger partial charge in [0.1, 0.15) is 17.7 Å². The number of alkyl carbamates (subject to hydrolysis) is 1. The molecule has 33 heavy (non-hydrogen) atoms. The van der Waals surface area contributed by atoms with Crippen LogP contribution in [0.15, 0.2) is 18.2 Å². The van der Waals surface area contributed by atoms with Crippen LogP contribution >= 0.6 is 12.6 Å². The molecule has 0 spiro atoms. The fourth-order valence-electron chi connectivity index (χ4n) is 3.36. The third-order valence-corrected chi connectivity index (χ3v) is 5.47. The number of nitrogens with zero attached hydrogens (tertiary/aromatic N) is 1. The molecule has 0 saturated carbocycles. The Morgan fingerprint density at radius 2 is 1.85 bits per heavy atom. The largest absolute Gasteiger partial charge is 0.444 e. The first kappa shape index (κ1) is 28.4. The number of nitrogens with one attached hydrogen (secondary N) is 2. The Hall–Kier alpha value is -2.66. The van der Waals surface area contributed by atoms with Gasteiger partial charge in [-0.15, -0.1) is 0 Å². The number of benzene rings is 1. The summed E-state index contributed by atoms with van der Waals surface area (Å²) < 4.78 is 5.25. The second-order valence-electron chi connectivity index (χ2n) is 9.11. The molecule has 0 radical (unpaired) electrons. The Morgan fingerprint density at radius 3 is 2.36 bits per heavy atom. The van der Waals surface area contributed by atoms with Crippen LogP contribution < -0.4 is 10.6 Å². The van der Waals surface area contributed by atoms with Gasteiger partial charge in [-0.05, 0) is 64.7 Å². The zero-order valence-electron chi connectivity index (χ0n) is 20.7. The lowest BCUT2D eigenvalue weighted by atomic mass is 9.95. The maximum absolute atomic E-state index is 13.4. The molecule has 0 aliphatic carbocycles. The number of rotatable bonds is 9. The van der Waals surface area contributed by atoms with Crippen molar-refractivity contribution in [3.8, 4) is 12.5 Å². The van der Waals surface area contributed by atoms with Gasteiger partial charge in [0.25, 0.3) is 5.91 Å². The van der Waals surface area contributed by atoms with E-state index < -0.39 is 29.7 Å². The van der Waals surface area contributed by atoms with Crippen LogP contribution in [0.2, 0.25) is 0 Å². The van der Waals surface area contributed by atoms with Gasteiger partial charge in [0, 0.05) is 17.8 Å². The van der Waals surface area contributed by atoms with Gasteiger partial charge in [0.15, 0.2) is 0 Å². The first-order chi connectivity index (χ1) is 15.4. The maximum Gasteiger partial charge on any atom is 0.408 e. The number of aryl methyl sites for hydroxylation is 1. The van der Waals surface area contributed by atoms with E-state index in [2.05, 4.69) is 29.3 Å². The van der Waals surface area contributed by atoms with Crippen molar-refractivity contribution in [3.63, 3.8) is 0 Å². The molecule has 3 unspecified atom stereocenters. The zero-order valence-corrected chi connectivity index (χ0v) is 21.6. The molecule has 1 aromatic rings. The van der Waals surface area contributed by atoms with Crippen LogP contribution in [0.3, 0.4) is 0 Å². The summed E-state index contributed by atoms with van der Waals surface area (Å²) in [7, 11) is 0. The van der Waals surface area contributed by atoms with Gasteiger partial charge in [-0.2, -0.15) is 12.6 Å². The van der Waals surface area contributed by atoms with E-state index in [9.17, 15) is 14.4 Å². The number of carbonyl (C=O) groups is 3. The predicted octanol–water partition coefficient (Wildman–Crippen LogP) is 3.89. The van der Waals surface area contributed by atoms with Crippen molar-refractivity contribution in [2.75, 3.05) is 5.75 Å². The molecule has 182 valence electrons. The number of carbonyl (C=O) groups excluding carboxylic acids is 3. The Labute approximate surface area is 203 Å². The molecule has 7 nitrogen and oxygen atoms in total. The highest BCUT2D eigenvalue weighted by Crippen LogP contribution is 2.27. The van der Waals surface area contributed by atoms with Gasteiger partial charge in [-0.3, -0.25) is 14.5 Å². The minimum Gasteiger partial charge on any atom is -0.444 e. The fourth-order valence-corrected chi connectivity index (χ4v) is 3.61. The minimum atomic E-state index is -1.08. The predicted molar refractivity (Wildman–Crippen MR) is 134 cm³/mol. The summed E-state index contributed by atoms with van der Waals surface area (Å²) in [5.74, 6) is -1.03. The highest BCUT2D eigenvalue weighted by molar-refractivity contribution is 7.80. The highest BCUT2D eigenvalue weighted by atomic mass is 32.1. The second-order valence-corrected chi connectivity index (χ2v) is 9.47. The normalized spacial score (nSPS) is 13.8. The van der Waals surface area contributed by atoms with Crippen LogP contribution in [0.1, 0.15) is 70.2 Å². The zero-order chi connectivity index (χ0) is 25.3. The first-order valence-corrected chi connectivity index (χ1v) is 11.8. The van der Waals surface area contributed by atoms with Crippen molar-refractivity contribution in [3.05, 3.63) is 34.9 Å². The third kappa shape index (κ3) is 8.32. The highest BCUT2D eigenvalue weighted by Gasteiger charge is 2.36. The molecule has 1 rings (SSSR count). The van der Waals surface area contributed by atoms with Crippen LogP contribution in [-0.4, -0.2) is 46.2 Å². The summed E-state index contributed by atoms with van der Waals surface area (Å²) in [5.41, 5.74) is 1.71. The van der Waals surface area contributed by atoms with Gasteiger partial charge >= 0.3 is 6.09 Å². The van der Waals surface area contributed by atoms with Crippen LogP contribution in [0.4, 0.5) is 4.79 Å². The summed E-state index contributed by atoms with van der Waals surface area (Å²) in [6.07, 6.45) is 6.68. The molecule has 0 aliphatic rings. The summed E-state index contributed by atoms with van der Waals surface area (Å²) in [6, 6.07) is 5.66. The molecule has 1 aromatic carbocycles. The fraction of sp³-hybridized carbons (Fsp3) is 0.560. The first-order valence-electron chi connectivity index (χ1n) is 11.1. The average molecular weight is 476 g/mol. The third-order valence-electron chi connectivity index (χ3n) is 5.11. The lowest BCUT2D eigenvalue weighted by molar-refractivity contribution is -0.138. The Bertz CT molecular complexity index is 889. The molecule has 0 aromatic heterocycles. The van der Waals surface area contributed by atoms with Crippen molar-refractivity contribution in [1.29, 1.82) is 0 Å². The standard InChI is InChI=1S/C25H37N3O4S/c1-9-12-17(4)26-22(29)21(19-14-11-13-16(3)18(19)5)28(10-2)23(30)20(15-33)27-24(31)32-25(6,7)8/h2,11,13-14,17,20-21,33H,9,12,15H2,1,3-8H3,(H,26,29)(H,27,31). The molecule has 0 heterocycles. The lowest BCUT2D eigenvalue weighted by Gasteiger charge is -2.31. The van der Waals surface area contributed by atoms with Gasteiger partial charge in [-0.1, -0.05) is 38.0 Å². The van der Waals surface area contributed by atoms with Gasteiger partial charge < -0.3 is 15.4 Å². The van der Waals surface area contributed by atoms with Crippen molar-refractivity contribution in [2.24, 2.45) is 0 Å². The number of amides is 3. The summed E-state index contributed by atoms with van der Waals surface area (Å²) in [5, 5.41) is 5.48. The SMILES string of the molecule is C#CN(C(=O)C(CS)NC(=O)OC(C)(C)C)C(C(=O)NC(C)CCC)c1cccc(C)c1C. The summed E-state index contributed by atoms with van der Waals surface area (Å²) in [4.78, 5) is 40.1. The molecule has 3 amide bonds. The van der Waals surface area contributed by atoms with E-state index in [4.69, 9.17) is 11.2 Å². The van der Waals surface area contributed by atoms with Crippen molar-refractivity contribution >= 4 is 30.5 Å². The molecule has 0 bridgehead atoms. The quantitative estimate of drug-likeness (QED) is 0.287. The van der Waals surface area contributed by atoms with Gasteiger partial charge in [-0.25, -0.2) is 4.79 Å². The molecule has 2 N–H and O–H groups in total. The van der Waals surface area contributed by atoms with Crippen LogP contribution in [0.25, 0.3) is 0 Å². The summed E-state index contributed by atoms with van der Waals surface area (Å²) in [6.45, 7) is 12.9. The van der Waals surface area contributed by atoms with E-state index in [1.165, 1.54) is 0 Å². The van der Waals surface area contributed by atoms with Crippen LogP contribution in [0, 0.1) is 26.3 Å². The van der Waals surface area contributed by atoms with E-state index in [0.29, 0.717) is 5.56 Å². The molecule has 8 heteroatoms. The van der Waals surface area contributed by atoms with E-state index in [1.807, 2.05) is 39.8 Å². The Balaban J connectivity index is 3.36. The maximum atomic E-state index is 13.4. The average Bonchev–Trinajstić information content (AvgIpc) is 2.70. The van der Waals surface area contributed by atoms with E-state index in [-0.39, 0.29) is 17.7 Å². The molecular formula is C25H37N3O4S. The van der Waals surface area contributed by atoms with Gasteiger partial charge in [0.2, 0.25) is 5.91 Å². The van der Waals surface area contributed by atoms with Gasteiger partial charge in [0.05, 0.1) is 0 Å². The number of ether oxygens (including phenoxy) is 1. The van der Waals surface area contributed by atoms with E-state index in [0.717, 1.165) is 28.9 Å². The van der Waals surface area contributed by atoms with E-state index in [1.54, 1.807) is 26.8 Å². The van der Waals surface area contributed by atoms with Crippen LogP contribution in [-0.2, 0) is 14.3 Å². The number of terminal acetylenes is 1. The number of hydrogen-bond donors (Lipinski definition) is 3. The summed E-state index contributed by atoms with van der Waals surface area (Å²) >= 11 is 4.22. The number of hydrogen-bond acceptors (Lipinski definition) is 5. The smallest absolute Gasteiger partial charge is 0.408 e. The monoisotopic (exact) mass is 475 g/mol. The minimum absolute atomic E-state index is 0.0242. The second kappa shape index (κ2) is 12.5.